The van der Waals surface area contributed by atoms with E-state index >= 15 is 0 Å². The van der Waals surface area contributed by atoms with Gasteiger partial charge in [0.05, 0.1) is 13.2 Å². The van der Waals surface area contributed by atoms with E-state index in [1.165, 1.54) is 19.7 Å². The number of nitrogens with zero attached hydrogens (tertiary/aromatic N) is 1. The molecule has 4 atom stereocenters. The van der Waals surface area contributed by atoms with Crippen molar-refractivity contribution in [1.29, 1.82) is 0 Å². The second kappa shape index (κ2) is 6.20. The van der Waals surface area contributed by atoms with Gasteiger partial charge in [0.25, 0.3) is 0 Å². The summed E-state index contributed by atoms with van der Waals surface area (Å²) in [6.07, 6.45) is 2.94. The molecular formula is C18H23NO6. The maximum Gasteiger partial charge on any atom is 0.359 e. The van der Waals surface area contributed by atoms with Gasteiger partial charge in [-0.3, -0.25) is 4.79 Å². The molecule has 136 valence electrons. The molecule has 1 aromatic rings. The fourth-order valence-electron chi connectivity index (χ4n) is 4.04. The molecule has 0 aliphatic heterocycles. The Balaban J connectivity index is 2.19. The zero-order valence-electron chi connectivity index (χ0n) is 14.8. The summed E-state index contributed by atoms with van der Waals surface area (Å²) in [5.74, 6) is -0.779. The van der Waals surface area contributed by atoms with Gasteiger partial charge in [-0.2, -0.15) is 0 Å². The summed E-state index contributed by atoms with van der Waals surface area (Å²) < 4.78 is 12.0. The standard InChI is InChI=1S/C18H23NO6/c1-8(2)25-18(23)14-16(24-4)15(20)12(17(21)22)7-19(14)13-6-10-5-11(10)9(13)3/h7-11,13H,5-6H2,1-4H3,(H,21,22)/t9-,10-,11+,13-/m0/s1. The molecule has 1 aromatic heterocycles. The number of aromatic nitrogens is 1. The summed E-state index contributed by atoms with van der Waals surface area (Å²) in [6, 6.07) is -0.0499. The first-order chi connectivity index (χ1) is 11.8. The van der Waals surface area contributed by atoms with Gasteiger partial charge in [0.1, 0.15) is 5.56 Å². The van der Waals surface area contributed by atoms with Crippen LogP contribution in [0.4, 0.5) is 0 Å². The number of pyridine rings is 1. The number of carboxylic acid groups (broad SMARTS) is 1. The summed E-state index contributed by atoms with van der Waals surface area (Å²) in [5, 5.41) is 9.37. The lowest BCUT2D eigenvalue weighted by Gasteiger charge is -2.26. The highest BCUT2D eigenvalue weighted by Crippen LogP contribution is 2.59. The summed E-state index contributed by atoms with van der Waals surface area (Å²) in [4.78, 5) is 36.6. The number of rotatable bonds is 5. The molecular weight excluding hydrogens is 326 g/mol. The molecule has 2 saturated carbocycles. The number of hydrogen-bond donors (Lipinski definition) is 1. The quantitative estimate of drug-likeness (QED) is 0.820. The molecule has 3 rings (SSSR count). The molecule has 7 heteroatoms. The van der Waals surface area contributed by atoms with Gasteiger partial charge in [0, 0.05) is 12.2 Å². The van der Waals surface area contributed by atoms with Crippen molar-refractivity contribution in [3.63, 3.8) is 0 Å². The highest BCUT2D eigenvalue weighted by Gasteiger charge is 2.52. The molecule has 25 heavy (non-hydrogen) atoms. The first-order valence-electron chi connectivity index (χ1n) is 8.53. The second-order valence-corrected chi connectivity index (χ2v) is 7.24. The summed E-state index contributed by atoms with van der Waals surface area (Å²) in [6.45, 7) is 5.53. The maximum absolute atomic E-state index is 12.6. The van der Waals surface area contributed by atoms with E-state index < -0.39 is 22.9 Å². The molecule has 2 fully saturated rings. The van der Waals surface area contributed by atoms with E-state index in [2.05, 4.69) is 6.92 Å². The third-order valence-corrected chi connectivity index (χ3v) is 5.32. The molecule has 0 saturated heterocycles. The number of aromatic carboxylic acids is 1. The molecule has 1 N–H and O–H groups in total. The van der Waals surface area contributed by atoms with E-state index in [9.17, 15) is 19.5 Å². The van der Waals surface area contributed by atoms with Crippen LogP contribution in [0.25, 0.3) is 0 Å². The topological polar surface area (TPSA) is 94.8 Å². The summed E-state index contributed by atoms with van der Waals surface area (Å²) in [7, 11) is 1.26. The fraction of sp³-hybridized carbons (Fsp3) is 0.611. The van der Waals surface area contributed by atoms with E-state index in [0.717, 1.165) is 6.42 Å². The lowest BCUT2D eigenvalue weighted by atomic mass is 9.99. The van der Waals surface area contributed by atoms with Crippen LogP contribution in [0.1, 0.15) is 60.5 Å². The average Bonchev–Trinajstić information content (AvgIpc) is 3.23. The maximum atomic E-state index is 12.6. The zero-order chi connectivity index (χ0) is 18.5. The first kappa shape index (κ1) is 17.5. The molecule has 7 nitrogen and oxygen atoms in total. The second-order valence-electron chi connectivity index (χ2n) is 7.24. The lowest BCUT2D eigenvalue weighted by Crippen LogP contribution is -2.30. The summed E-state index contributed by atoms with van der Waals surface area (Å²) >= 11 is 0. The number of ether oxygens (including phenoxy) is 2. The van der Waals surface area contributed by atoms with Gasteiger partial charge in [-0.1, -0.05) is 6.92 Å². The Labute approximate surface area is 145 Å². The minimum Gasteiger partial charge on any atom is -0.491 e. The van der Waals surface area contributed by atoms with E-state index in [0.29, 0.717) is 17.8 Å². The molecule has 0 bridgehead atoms. The number of carbonyl (C=O) groups is 2. The molecule has 1 heterocycles. The predicted octanol–water partition coefficient (Wildman–Crippen LogP) is 2.34. The van der Waals surface area contributed by atoms with Crippen LogP contribution in [-0.4, -0.2) is 34.8 Å². The summed E-state index contributed by atoms with van der Waals surface area (Å²) in [5.41, 5.74) is -1.20. The third kappa shape index (κ3) is 2.92. The number of carboxylic acids is 1. The van der Waals surface area contributed by atoms with Crippen molar-refractivity contribution in [1.82, 2.24) is 4.57 Å². The Morgan fingerprint density at radius 3 is 2.48 bits per heavy atom. The van der Waals surface area contributed by atoms with Crippen LogP contribution in [-0.2, 0) is 4.74 Å². The van der Waals surface area contributed by atoms with Crippen molar-refractivity contribution in [3.8, 4) is 5.75 Å². The third-order valence-electron chi connectivity index (χ3n) is 5.32. The van der Waals surface area contributed by atoms with Crippen LogP contribution in [0.2, 0.25) is 0 Å². The lowest BCUT2D eigenvalue weighted by molar-refractivity contribution is 0.0353. The molecule has 0 spiro atoms. The van der Waals surface area contributed by atoms with Crippen LogP contribution in [0.15, 0.2) is 11.0 Å². The van der Waals surface area contributed by atoms with Gasteiger partial charge in [-0.25, -0.2) is 9.59 Å². The predicted molar refractivity (Wildman–Crippen MR) is 89.2 cm³/mol. The van der Waals surface area contributed by atoms with Crippen LogP contribution < -0.4 is 10.2 Å². The van der Waals surface area contributed by atoms with Crippen molar-refractivity contribution in [2.45, 2.75) is 45.8 Å². The highest BCUT2D eigenvalue weighted by molar-refractivity contribution is 5.94. The van der Waals surface area contributed by atoms with E-state index in [-0.39, 0.29) is 23.6 Å². The van der Waals surface area contributed by atoms with Gasteiger partial charge in [0.15, 0.2) is 11.4 Å². The Bertz CT molecular complexity index is 781. The van der Waals surface area contributed by atoms with Gasteiger partial charge in [-0.15, -0.1) is 0 Å². The van der Waals surface area contributed by atoms with Crippen LogP contribution in [0.3, 0.4) is 0 Å². The molecule has 2 aliphatic carbocycles. The number of methoxy groups -OCH3 is 1. The number of fused-ring (bicyclic) bond motifs is 1. The van der Waals surface area contributed by atoms with E-state index in [4.69, 9.17) is 9.47 Å². The number of esters is 1. The molecule has 0 unspecified atom stereocenters. The average molecular weight is 349 g/mol. The van der Waals surface area contributed by atoms with Crippen molar-refractivity contribution in [2.75, 3.05) is 7.11 Å². The Hall–Kier alpha value is -2.31. The fourth-order valence-corrected chi connectivity index (χ4v) is 4.04. The first-order valence-corrected chi connectivity index (χ1v) is 8.53. The van der Waals surface area contributed by atoms with E-state index in [1.807, 2.05) is 0 Å². The van der Waals surface area contributed by atoms with Gasteiger partial charge in [-0.05, 0) is 44.4 Å². The van der Waals surface area contributed by atoms with Crippen LogP contribution in [0.5, 0.6) is 5.75 Å². The molecule has 0 amide bonds. The van der Waals surface area contributed by atoms with Gasteiger partial charge >= 0.3 is 11.9 Å². The highest BCUT2D eigenvalue weighted by atomic mass is 16.5. The molecule has 0 radical (unpaired) electrons. The minimum atomic E-state index is -1.34. The Morgan fingerprint density at radius 1 is 1.32 bits per heavy atom. The SMILES string of the molecule is COc1c(C(=O)OC(C)C)n([C@H]2C[C@@H]3C[C@@H]3[C@@H]2C)cc(C(=O)O)c1=O. The number of hydrogen-bond acceptors (Lipinski definition) is 5. The van der Waals surface area contributed by atoms with Crippen molar-refractivity contribution in [3.05, 3.63) is 27.7 Å². The van der Waals surface area contributed by atoms with Crippen LogP contribution in [0, 0.1) is 17.8 Å². The molecule has 2 aliphatic rings. The monoisotopic (exact) mass is 349 g/mol. The number of carbonyl (C=O) groups excluding carboxylic acids is 1. The smallest absolute Gasteiger partial charge is 0.359 e. The largest absolute Gasteiger partial charge is 0.491 e. The van der Waals surface area contributed by atoms with Crippen LogP contribution >= 0.6 is 0 Å². The Kier molecular flexibility index (Phi) is 4.34. The molecule has 0 aromatic carbocycles. The Morgan fingerprint density at radius 2 is 2.00 bits per heavy atom. The van der Waals surface area contributed by atoms with Crippen molar-refractivity contribution in [2.24, 2.45) is 17.8 Å². The zero-order valence-corrected chi connectivity index (χ0v) is 14.8. The minimum absolute atomic E-state index is 0.00403. The van der Waals surface area contributed by atoms with Crippen molar-refractivity contribution >= 4 is 11.9 Å². The van der Waals surface area contributed by atoms with Crippen molar-refractivity contribution < 1.29 is 24.2 Å². The van der Waals surface area contributed by atoms with E-state index in [1.54, 1.807) is 18.4 Å². The van der Waals surface area contributed by atoms with Gasteiger partial charge < -0.3 is 19.1 Å². The van der Waals surface area contributed by atoms with Gasteiger partial charge in [0.2, 0.25) is 5.43 Å². The normalized spacial score (nSPS) is 27.1.